The Kier molecular flexibility index (Phi) is 3.77. The van der Waals surface area contributed by atoms with Gasteiger partial charge in [0, 0.05) is 10.4 Å². The smallest absolute Gasteiger partial charge is 0.311 e. The molecule has 0 aliphatic heterocycles. The number of H-pyrrole nitrogens is 1. The molecular weight excluding hydrogens is 208 g/mol. The third-order valence-corrected chi connectivity index (χ3v) is 2.03. The normalized spacial score (nSPS) is 11.2. The summed E-state index contributed by atoms with van der Waals surface area (Å²) in [4.78, 5) is 22.4. The maximum Gasteiger partial charge on any atom is 0.311 e. The van der Waals surface area contributed by atoms with Gasteiger partial charge in [0.2, 0.25) is 0 Å². The topological polar surface area (TPSA) is 72.0 Å². The van der Waals surface area contributed by atoms with Crippen molar-refractivity contribution in [2.24, 2.45) is 0 Å². The Labute approximate surface area is 91.8 Å². The number of nitrogens with zero attached hydrogens (tertiary/aromatic N) is 1. The van der Waals surface area contributed by atoms with Crippen molar-refractivity contribution in [1.29, 1.82) is 0 Å². The average Bonchev–Trinajstić information content (AvgIpc) is 2.28. The lowest BCUT2D eigenvalue weighted by atomic mass is 10.2. The summed E-state index contributed by atoms with van der Waals surface area (Å²) in [6, 6.07) is 0. The molecule has 0 saturated heterocycles. The Balaban J connectivity index is 3.41. The van der Waals surface area contributed by atoms with Crippen LogP contribution in [0.5, 0.6) is 0 Å². The number of allylic oxidation sites excluding steroid dienone is 1. The molecule has 0 fully saturated rings. The molecule has 0 aliphatic carbocycles. The van der Waals surface area contributed by atoms with Crippen LogP contribution in [0.1, 0.15) is 5.69 Å². The Bertz CT molecular complexity index is 572. The first-order valence-electron chi connectivity index (χ1n) is 4.56. The number of aromatic nitrogens is 2. The van der Waals surface area contributed by atoms with E-state index in [1.54, 1.807) is 6.08 Å². The largest absolute Gasteiger partial charge is 0.469 e. The first-order chi connectivity index (χ1) is 7.60. The minimum atomic E-state index is -0.433. The molecule has 5 nitrogen and oxygen atoms in total. The number of rotatable bonds is 3. The number of hydrogen-bond acceptors (Lipinski definition) is 4. The Hall–Kier alpha value is -2.17. The van der Waals surface area contributed by atoms with Crippen LogP contribution in [-0.2, 0) is 16.0 Å². The molecule has 0 saturated carbocycles. The summed E-state index contributed by atoms with van der Waals surface area (Å²) in [5, 5.41) is 6.82. The summed E-state index contributed by atoms with van der Waals surface area (Å²) in [6.07, 6.45) is 3.07. The van der Waals surface area contributed by atoms with Crippen molar-refractivity contribution in [2.75, 3.05) is 7.11 Å². The first-order valence-corrected chi connectivity index (χ1v) is 4.56. The van der Waals surface area contributed by atoms with Crippen LogP contribution in [0.4, 0.5) is 0 Å². The highest BCUT2D eigenvalue weighted by Crippen LogP contribution is 1.86. The number of aromatic amines is 1. The fourth-order valence-electron chi connectivity index (χ4n) is 1.20. The van der Waals surface area contributed by atoms with E-state index in [1.165, 1.54) is 13.2 Å². The zero-order valence-electron chi connectivity index (χ0n) is 8.95. The fourth-order valence-corrected chi connectivity index (χ4v) is 1.20. The summed E-state index contributed by atoms with van der Waals surface area (Å²) < 4.78 is 4.53. The van der Waals surface area contributed by atoms with E-state index in [1.807, 2.05) is 0 Å². The van der Waals surface area contributed by atoms with Gasteiger partial charge in [0.15, 0.2) is 0 Å². The predicted octanol–water partition coefficient (Wildman–Crippen LogP) is -1.14. The molecule has 0 aliphatic rings. The van der Waals surface area contributed by atoms with Crippen LogP contribution in [0.25, 0.3) is 12.7 Å². The van der Waals surface area contributed by atoms with Crippen LogP contribution in [0.3, 0.4) is 0 Å². The van der Waals surface area contributed by atoms with Gasteiger partial charge in [-0.15, -0.1) is 0 Å². The van der Waals surface area contributed by atoms with Crippen LogP contribution < -0.4 is 16.0 Å². The third kappa shape index (κ3) is 2.44. The zero-order chi connectivity index (χ0) is 12.1. The van der Waals surface area contributed by atoms with E-state index in [0.29, 0.717) is 10.9 Å². The molecule has 1 N–H and O–H groups in total. The Morgan fingerprint density at radius 3 is 2.88 bits per heavy atom. The molecule has 0 aromatic carbocycles. The van der Waals surface area contributed by atoms with E-state index < -0.39 is 5.97 Å². The lowest BCUT2D eigenvalue weighted by Crippen LogP contribution is -2.43. The second kappa shape index (κ2) is 5.06. The van der Waals surface area contributed by atoms with E-state index in [4.69, 9.17) is 0 Å². The molecule has 1 aromatic heterocycles. The first kappa shape index (κ1) is 11.9. The molecular formula is C11H12N2O3. The van der Waals surface area contributed by atoms with Crippen molar-refractivity contribution in [3.63, 3.8) is 0 Å². The van der Waals surface area contributed by atoms with Crippen molar-refractivity contribution < 1.29 is 9.53 Å². The fraction of sp³-hybridized carbons (Fsp3) is 0.182. The zero-order valence-corrected chi connectivity index (χ0v) is 8.95. The Morgan fingerprint density at radius 1 is 1.62 bits per heavy atom. The van der Waals surface area contributed by atoms with Gasteiger partial charge in [0.25, 0.3) is 5.56 Å². The van der Waals surface area contributed by atoms with Crippen molar-refractivity contribution in [2.45, 2.75) is 6.42 Å². The standard InChI is InChI=1S/C11H12N2O3/c1-4-5-8-7(2)11(15)13-12-9(8)6-10(14)16-3/h4-5H,1-2,6H2,3H3,(H,13,15)/b8-5+. The van der Waals surface area contributed by atoms with E-state index >= 15 is 0 Å². The molecule has 5 heteroatoms. The van der Waals surface area contributed by atoms with Crippen LogP contribution in [-0.4, -0.2) is 23.3 Å². The molecule has 1 aromatic rings. The van der Waals surface area contributed by atoms with Gasteiger partial charge >= 0.3 is 5.97 Å². The number of nitrogens with one attached hydrogen (secondary N) is 1. The van der Waals surface area contributed by atoms with Crippen molar-refractivity contribution in [1.82, 2.24) is 10.2 Å². The van der Waals surface area contributed by atoms with Gasteiger partial charge in [0.05, 0.1) is 19.2 Å². The van der Waals surface area contributed by atoms with Crippen LogP contribution in [0, 0.1) is 0 Å². The molecule has 0 radical (unpaired) electrons. The van der Waals surface area contributed by atoms with Gasteiger partial charge in [-0.3, -0.25) is 9.59 Å². The van der Waals surface area contributed by atoms with E-state index in [0.717, 1.165) is 0 Å². The van der Waals surface area contributed by atoms with Crippen molar-refractivity contribution in [3.05, 3.63) is 39.1 Å². The second-order valence-electron chi connectivity index (χ2n) is 3.05. The molecule has 16 heavy (non-hydrogen) atoms. The number of esters is 1. The van der Waals surface area contributed by atoms with E-state index in [2.05, 4.69) is 28.1 Å². The number of carbonyl (C=O) groups excluding carboxylic acids is 1. The lowest BCUT2D eigenvalue weighted by molar-refractivity contribution is -0.139. The van der Waals surface area contributed by atoms with E-state index in [-0.39, 0.29) is 17.2 Å². The van der Waals surface area contributed by atoms with E-state index in [9.17, 15) is 9.59 Å². The van der Waals surface area contributed by atoms with Crippen molar-refractivity contribution in [3.8, 4) is 0 Å². The van der Waals surface area contributed by atoms with Crippen LogP contribution >= 0.6 is 0 Å². The predicted molar refractivity (Wildman–Crippen MR) is 60.0 cm³/mol. The minimum absolute atomic E-state index is 0.0184. The third-order valence-electron chi connectivity index (χ3n) is 2.03. The van der Waals surface area contributed by atoms with Gasteiger partial charge in [-0.05, 0) is 0 Å². The monoisotopic (exact) mass is 220 g/mol. The quantitative estimate of drug-likeness (QED) is 0.654. The van der Waals surface area contributed by atoms with Gasteiger partial charge in [-0.2, -0.15) is 5.10 Å². The maximum atomic E-state index is 11.3. The molecule has 1 rings (SSSR count). The van der Waals surface area contributed by atoms with Crippen LogP contribution in [0.2, 0.25) is 0 Å². The maximum absolute atomic E-state index is 11.3. The summed E-state index contributed by atoms with van der Waals surface area (Å²) in [5.41, 5.74) is 0.0260. The number of carbonyl (C=O) groups is 1. The van der Waals surface area contributed by atoms with Crippen molar-refractivity contribution >= 4 is 18.6 Å². The molecule has 0 bridgehead atoms. The highest BCUT2D eigenvalue weighted by Gasteiger charge is 2.07. The van der Waals surface area contributed by atoms with Crippen LogP contribution in [0.15, 0.2) is 17.4 Å². The minimum Gasteiger partial charge on any atom is -0.469 e. The summed E-state index contributed by atoms with van der Waals surface area (Å²) in [7, 11) is 1.29. The molecule has 0 atom stereocenters. The molecule has 0 unspecified atom stereocenters. The van der Waals surface area contributed by atoms with Gasteiger partial charge in [-0.1, -0.05) is 25.3 Å². The van der Waals surface area contributed by atoms with Gasteiger partial charge in [0.1, 0.15) is 0 Å². The lowest BCUT2D eigenvalue weighted by Gasteiger charge is -1.99. The molecule has 84 valence electrons. The summed E-state index contributed by atoms with van der Waals surface area (Å²) in [5.74, 6) is -0.433. The molecule has 0 amide bonds. The van der Waals surface area contributed by atoms with Gasteiger partial charge in [-0.25, -0.2) is 5.10 Å². The highest BCUT2D eigenvalue weighted by molar-refractivity contribution is 5.72. The Morgan fingerprint density at radius 2 is 2.31 bits per heavy atom. The SMILES string of the molecule is C=C/C=c1/c(CC(=O)OC)n[nH]c(=O)c1=C. The second-order valence-corrected chi connectivity index (χ2v) is 3.05. The highest BCUT2D eigenvalue weighted by atomic mass is 16.5. The summed E-state index contributed by atoms with van der Waals surface area (Å²) >= 11 is 0. The number of hydrogen-bond donors (Lipinski definition) is 1. The van der Waals surface area contributed by atoms with Gasteiger partial charge < -0.3 is 4.74 Å². The summed E-state index contributed by atoms with van der Waals surface area (Å²) in [6.45, 7) is 7.15. The molecule has 0 spiro atoms. The average molecular weight is 220 g/mol. The number of ether oxygens (including phenoxy) is 1. The molecule has 1 heterocycles. The number of methoxy groups -OCH3 is 1.